The molecule has 5 aromatic carbocycles. The van der Waals surface area contributed by atoms with Gasteiger partial charge in [0.2, 0.25) is 0 Å². The Bertz CT molecular complexity index is 2560. The Morgan fingerprint density at radius 2 is 1.32 bits per heavy atom. The predicted molar refractivity (Wildman–Crippen MR) is 164 cm³/mol. The van der Waals surface area contributed by atoms with Crippen LogP contribution in [0.15, 0.2) is 139 Å². The van der Waals surface area contributed by atoms with E-state index < -0.39 is 72.4 Å². The Morgan fingerprint density at radius 3 is 2.17 bits per heavy atom. The lowest BCUT2D eigenvalue weighted by Crippen LogP contribution is -2.20. The van der Waals surface area contributed by atoms with E-state index in [1.807, 2.05) is 30.3 Å². The van der Waals surface area contributed by atoms with E-state index >= 15 is 0 Å². The number of nitrogens with zero attached hydrogens (tertiary/aromatic N) is 3. The number of aromatic nitrogens is 3. The van der Waals surface area contributed by atoms with E-state index in [-0.39, 0.29) is 51.0 Å². The molecule has 194 valence electrons. The van der Waals surface area contributed by atoms with Crippen LogP contribution in [0, 0.1) is 0 Å². The molecule has 1 aliphatic carbocycles. The van der Waals surface area contributed by atoms with E-state index in [1.165, 1.54) is 0 Å². The van der Waals surface area contributed by atoms with Gasteiger partial charge in [-0.1, -0.05) is 127 Å². The second kappa shape index (κ2) is 9.68. The topological polar surface area (TPSA) is 47.9 Å². The van der Waals surface area contributed by atoms with Crippen LogP contribution in [0.5, 0.6) is 5.75 Å². The van der Waals surface area contributed by atoms with Gasteiger partial charge in [0.05, 0.1) is 21.0 Å². The number of ether oxygens (including phenoxy) is 1. The number of fused-ring (bicyclic) bond motifs is 4. The van der Waals surface area contributed by atoms with Crippen molar-refractivity contribution in [1.29, 1.82) is 0 Å². The molecule has 41 heavy (non-hydrogen) atoms. The first-order valence-electron chi connectivity index (χ1n) is 18.5. The van der Waals surface area contributed by atoms with E-state index in [0.717, 1.165) is 5.56 Å². The quantitative estimate of drug-likeness (QED) is 0.226. The molecular weight excluding hydrogens is 502 g/mol. The highest BCUT2D eigenvalue weighted by Gasteiger charge is 2.38. The minimum atomic E-state index is -0.612. The average molecular weight is 539 g/mol. The van der Waals surface area contributed by atoms with Crippen molar-refractivity contribution in [2.45, 2.75) is 12.0 Å². The molecule has 0 radical (unpaired) electrons. The van der Waals surface area contributed by atoms with Gasteiger partial charge in [0.15, 0.2) is 17.5 Å². The Labute approximate surface area is 253 Å². The molecule has 2 unspecified atom stereocenters. The fourth-order valence-corrected chi connectivity index (χ4v) is 5.33. The molecule has 8 rings (SSSR count). The van der Waals surface area contributed by atoms with Crippen molar-refractivity contribution >= 4 is 16.3 Å². The Kier molecular flexibility index (Phi) is 3.51. The van der Waals surface area contributed by atoms with Crippen molar-refractivity contribution in [2.24, 2.45) is 0 Å². The summed E-state index contributed by atoms with van der Waals surface area (Å²) < 4.78 is 102. The van der Waals surface area contributed by atoms with Gasteiger partial charge < -0.3 is 4.74 Å². The van der Waals surface area contributed by atoms with Gasteiger partial charge >= 0.3 is 0 Å². The first-order chi connectivity index (χ1) is 24.9. The summed E-state index contributed by atoms with van der Waals surface area (Å²) in [6, 6.07) is 10.3. The van der Waals surface area contributed by atoms with E-state index in [2.05, 4.69) is 9.97 Å². The summed E-state index contributed by atoms with van der Waals surface area (Å²) in [5.41, 5.74) is 1.45. The highest BCUT2D eigenvalue weighted by molar-refractivity contribution is 6.03. The number of para-hydroxylation sites is 1. The van der Waals surface area contributed by atoms with Crippen LogP contribution in [-0.4, -0.2) is 21.1 Å². The van der Waals surface area contributed by atoms with Gasteiger partial charge in [-0.25, -0.2) is 15.0 Å². The lowest BCUT2D eigenvalue weighted by atomic mass is 9.84. The zero-order chi connectivity index (χ0) is 36.7. The summed E-state index contributed by atoms with van der Waals surface area (Å²) in [6.07, 6.45) is 4.99. The molecule has 0 bridgehead atoms. The van der Waals surface area contributed by atoms with Gasteiger partial charge in [0.25, 0.3) is 0 Å². The molecule has 4 nitrogen and oxygen atoms in total. The maximum absolute atomic E-state index is 9.13. The number of rotatable bonds is 4. The third kappa shape index (κ3) is 4.04. The van der Waals surface area contributed by atoms with Gasteiger partial charge in [0.1, 0.15) is 11.9 Å². The third-order valence-electron chi connectivity index (χ3n) is 7.16. The van der Waals surface area contributed by atoms with Crippen molar-refractivity contribution in [2.75, 3.05) is 0 Å². The van der Waals surface area contributed by atoms with E-state index in [1.54, 1.807) is 42.5 Å². The van der Waals surface area contributed by atoms with Crippen LogP contribution in [0.3, 0.4) is 0 Å². The molecule has 0 saturated heterocycles. The Balaban J connectivity index is 1.50. The lowest BCUT2D eigenvalue weighted by Gasteiger charge is -2.22. The van der Waals surface area contributed by atoms with Crippen molar-refractivity contribution in [3.63, 3.8) is 0 Å². The minimum Gasteiger partial charge on any atom is -0.485 e. The molecule has 0 saturated carbocycles. The van der Waals surface area contributed by atoms with Crippen molar-refractivity contribution < 1.29 is 19.8 Å². The van der Waals surface area contributed by atoms with Crippen LogP contribution in [0.25, 0.3) is 50.2 Å². The number of hydrogen-bond acceptors (Lipinski definition) is 4. The Hall–Kier alpha value is -5.35. The van der Waals surface area contributed by atoms with Crippen LogP contribution in [0.4, 0.5) is 0 Å². The van der Waals surface area contributed by atoms with Gasteiger partial charge in [-0.05, 0) is 34.0 Å². The van der Waals surface area contributed by atoms with E-state index in [0.29, 0.717) is 16.9 Å². The summed E-state index contributed by atoms with van der Waals surface area (Å²) in [6.45, 7) is 0. The monoisotopic (exact) mass is 538 g/mol. The molecular formula is C37H25N3O. The fraction of sp³-hybridized carbons (Fsp3) is 0.0541. The number of benzene rings is 5. The molecule has 1 aliphatic heterocycles. The van der Waals surface area contributed by atoms with Gasteiger partial charge in [0, 0.05) is 22.3 Å². The second-order valence-electron chi connectivity index (χ2n) is 9.53. The largest absolute Gasteiger partial charge is 0.485 e. The van der Waals surface area contributed by atoms with Crippen LogP contribution in [0.2, 0.25) is 0 Å². The molecule has 0 amide bonds. The molecule has 2 heterocycles. The summed E-state index contributed by atoms with van der Waals surface area (Å²) >= 11 is 0. The highest BCUT2D eigenvalue weighted by atomic mass is 16.5. The van der Waals surface area contributed by atoms with Gasteiger partial charge in [-0.2, -0.15) is 0 Å². The normalized spacial score (nSPS) is 20.8. The lowest BCUT2D eigenvalue weighted by molar-refractivity contribution is 0.271. The van der Waals surface area contributed by atoms with Crippen molar-refractivity contribution in [3.05, 3.63) is 151 Å². The Morgan fingerprint density at radius 1 is 0.610 bits per heavy atom. The smallest absolute Gasteiger partial charge is 0.164 e. The molecule has 4 heteroatoms. The number of hydrogen-bond donors (Lipinski definition) is 0. The summed E-state index contributed by atoms with van der Waals surface area (Å²) in [7, 11) is 0. The zero-order valence-corrected chi connectivity index (χ0v) is 21.3. The predicted octanol–water partition coefficient (Wildman–Crippen LogP) is 8.52. The SMILES string of the molecule is [2H]c1c([2H])c([2H])c(-c2nc(C3=CC=CC4Oc5ccccc5C34)nc(-c3c([2H])c([2H])c([2H])c4c(-c5ccccc5)c([2H])c([2H])c([2H])c34)n2)c([2H])c1[2H]. The highest BCUT2D eigenvalue weighted by Crippen LogP contribution is 2.47. The first kappa shape index (κ1) is 14.9. The third-order valence-corrected chi connectivity index (χ3v) is 7.16. The van der Waals surface area contributed by atoms with E-state index in [9.17, 15) is 0 Å². The van der Waals surface area contributed by atoms with Crippen molar-refractivity contribution in [3.8, 4) is 39.7 Å². The maximum Gasteiger partial charge on any atom is 0.164 e. The van der Waals surface area contributed by atoms with Crippen LogP contribution in [0.1, 0.15) is 32.4 Å². The fourth-order valence-electron chi connectivity index (χ4n) is 5.33. The van der Waals surface area contributed by atoms with E-state index in [4.69, 9.17) is 24.8 Å². The second-order valence-corrected chi connectivity index (χ2v) is 9.53. The molecule has 6 aromatic rings. The molecule has 1 aromatic heterocycles. The average Bonchev–Trinajstić information content (AvgIpc) is 3.54. The molecule has 0 N–H and O–H groups in total. The maximum atomic E-state index is 9.13. The van der Waals surface area contributed by atoms with Crippen LogP contribution in [-0.2, 0) is 0 Å². The molecule has 0 fully saturated rings. The molecule has 2 atom stereocenters. The summed E-state index contributed by atoms with van der Waals surface area (Å²) in [5, 5.41) is -0.127. The van der Waals surface area contributed by atoms with Crippen molar-refractivity contribution in [1.82, 2.24) is 15.0 Å². The molecule has 0 spiro atoms. The van der Waals surface area contributed by atoms with Crippen LogP contribution < -0.4 is 4.74 Å². The molecule has 2 aliphatic rings. The van der Waals surface area contributed by atoms with Gasteiger partial charge in [-0.15, -0.1) is 0 Å². The van der Waals surface area contributed by atoms with Crippen LogP contribution >= 0.6 is 0 Å². The first-order valence-corrected chi connectivity index (χ1v) is 13.0. The van der Waals surface area contributed by atoms with Gasteiger partial charge in [-0.3, -0.25) is 0 Å². The summed E-state index contributed by atoms with van der Waals surface area (Å²) in [5.74, 6) is -0.331. The minimum absolute atomic E-state index is 0.0162. The standard InChI is InChI=1S/C37H25N3O/c1-3-12-24(13-4-1)26-17-9-19-28-27(26)18-10-20-29(28)36-38-35(25-14-5-2-6-15-25)39-37(40-36)31-21-11-23-33-34(31)30-16-7-8-22-32(30)41-33/h1-23,33-34H/i2D,5D,6D,9D,10D,14D,15D,17D,18D,19D,20D. The zero-order valence-electron chi connectivity index (χ0n) is 32.3. The number of allylic oxidation sites excluding steroid dienone is 2. The summed E-state index contributed by atoms with van der Waals surface area (Å²) in [4.78, 5) is 14.1.